The minimum absolute atomic E-state index is 0. The Kier molecular flexibility index (Phi) is 8.34. The second-order valence-electron chi connectivity index (χ2n) is 5.23. The highest BCUT2D eigenvalue weighted by atomic mass is 35.5. The molecular formula is C17H25ClN2. The van der Waals surface area contributed by atoms with Crippen LogP contribution in [-0.2, 0) is 0 Å². The maximum absolute atomic E-state index is 4.25. The normalized spacial score (nSPS) is 18.8. The van der Waals surface area contributed by atoms with Gasteiger partial charge in [-0.2, -0.15) is 0 Å². The van der Waals surface area contributed by atoms with Crippen molar-refractivity contribution in [2.75, 3.05) is 13.1 Å². The van der Waals surface area contributed by atoms with Crippen LogP contribution < -0.4 is 0 Å². The lowest BCUT2D eigenvalue weighted by atomic mass is 9.96. The van der Waals surface area contributed by atoms with Crippen LogP contribution in [-0.4, -0.2) is 23.0 Å². The van der Waals surface area contributed by atoms with Crippen molar-refractivity contribution in [2.45, 2.75) is 51.5 Å². The number of pyridine rings is 1. The highest BCUT2D eigenvalue weighted by molar-refractivity contribution is 5.85. The van der Waals surface area contributed by atoms with Crippen molar-refractivity contribution in [3.63, 3.8) is 0 Å². The average Bonchev–Trinajstić information content (AvgIpc) is 2.48. The number of rotatable bonds is 4. The minimum atomic E-state index is 0. The molecule has 0 N–H and O–H groups in total. The Morgan fingerprint density at radius 3 is 3.00 bits per heavy atom. The predicted molar refractivity (Wildman–Crippen MR) is 87.0 cm³/mol. The van der Waals surface area contributed by atoms with Crippen molar-refractivity contribution in [1.29, 1.82) is 0 Å². The second kappa shape index (κ2) is 9.80. The minimum Gasteiger partial charge on any atom is -0.285 e. The summed E-state index contributed by atoms with van der Waals surface area (Å²) in [5.41, 5.74) is 1.34. The predicted octanol–water partition coefficient (Wildman–Crippen LogP) is 4.22. The second-order valence-corrected chi connectivity index (χ2v) is 5.23. The van der Waals surface area contributed by atoms with E-state index in [-0.39, 0.29) is 12.4 Å². The smallest absolute Gasteiger partial charge is 0.0606 e. The molecule has 1 aliphatic rings. The maximum atomic E-state index is 4.25. The average molecular weight is 293 g/mol. The van der Waals surface area contributed by atoms with Crippen molar-refractivity contribution in [3.05, 3.63) is 30.1 Å². The SMILES string of the molecule is CCCCC#CCN1CCCCC1c1cccnc1.Cl. The van der Waals surface area contributed by atoms with Gasteiger partial charge < -0.3 is 0 Å². The topological polar surface area (TPSA) is 16.1 Å². The molecule has 3 heteroatoms. The van der Waals surface area contributed by atoms with Crippen LogP contribution in [0.3, 0.4) is 0 Å². The molecule has 2 rings (SSSR count). The van der Waals surface area contributed by atoms with Gasteiger partial charge in [0.05, 0.1) is 6.54 Å². The van der Waals surface area contributed by atoms with Gasteiger partial charge in [-0.1, -0.05) is 31.8 Å². The molecule has 1 aliphatic heterocycles. The molecule has 0 radical (unpaired) electrons. The zero-order valence-electron chi connectivity index (χ0n) is 12.3. The zero-order valence-corrected chi connectivity index (χ0v) is 13.2. The third kappa shape index (κ3) is 5.15. The van der Waals surface area contributed by atoms with Gasteiger partial charge in [0.25, 0.3) is 0 Å². The number of aromatic nitrogens is 1. The fraction of sp³-hybridized carbons (Fsp3) is 0.588. The summed E-state index contributed by atoms with van der Waals surface area (Å²) >= 11 is 0. The fourth-order valence-corrected chi connectivity index (χ4v) is 2.64. The van der Waals surface area contributed by atoms with Crippen LogP contribution in [0, 0.1) is 11.8 Å². The first-order valence-corrected chi connectivity index (χ1v) is 7.51. The van der Waals surface area contributed by atoms with Crippen LogP contribution >= 0.6 is 12.4 Å². The first kappa shape index (κ1) is 17.0. The molecule has 1 aromatic rings. The summed E-state index contributed by atoms with van der Waals surface area (Å²) in [4.78, 5) is 6.77. The summed E-state index contributed by atoms with van der Waals surface area (Å²) in [7, 11) is 0. The Bertz CT molecular complexity index is 422. The number of likely N-dealkylation sites (tertiary alicyclic amines) is 1. The monoisotopic (exact) mass is 292 g/mol. The Balaban J connectivity index is 0.00000200. The third-order valence-electron chi connectivity index (χ3n) is 3.75. The number of hydrogen-bond donors (Lipinski definition) is 0. The van der Waals surface area contributed by atoms with Gasteiger partial charge in [0.15, 0.2) is 0 Å². The fourth-order valence-electron chi connectivity index (χ4n) is 2.64. The third-order valence-corrected chi connectivity index (χ3v) is 3.75. The van der Waals surface area contributed by atoms with E-state index in [4.69, 9.17) is 0 Å². The van der Waals surface area contributed by atoms with Gasteiger partial charge in [0, 0.05) is 24.9 Å². The first-order chi connectivity index (χ1) is 9.42. The van der Waals surface area contributed by atoms with Gasteiger partial charge in [0.1, 0.15) is 0 Å². The molecule has 2 heterocycles. The zero-order chi connectivity index (χ0) is 13.3. The van der Waals surface area contributed by atoms with E-state index in [0.29, 0.717) is 6.04 Å². The lowest BCUT2D eigenvalue weighted by Gasteiger charge is -2.34. The summed E-state index contributed by atoms with van der Waals surface area (Å²) in [5, 5.41) is 0. The molecule has 0 bridgehead atoms. The van der Waals surface area contributed by atoms with Crippen molar-refractivity contribution in [1.82, 2.24) is 9.88 Å². The van der Waals surface area contributed by atoms with Crippen LogP contribution in [0.25, 0.3) is 0 Å². The molecule has 1 saturated heterocycles. The highest BCUT2D eigenvalue weighted by Crippen LogP contribution is 2.29. The van der Waals surface area contributed by atoms with Crippen LogP contribution in [0.4, 0.5) is 0 Å². The van der Waals surface area contributed by atoms with Crippen LogP contribution in [0.15, 0.2) is 24.5 Å². The number of nitrogens with zero attached hydrogens (tertiary/aromatic N) is 2. The Morgan fingerprint density at radius 2 is 2.25 bits per heavy atom. The molecule has 20 heavy (non-hydrogen) atoms. The largest absolute Gasteiger partial charge is 0.285 e. The first-order valence-electron chi connectivity index (χ1n) is 7.51. The van der Waals surface area contributed by atoms with Gasteiger partial charge in [0.2, 0.25) is 0 Å². The van der Waals surface area contributed by atoms with E-state index >= 15 is 0 Å². The van der Waals surface area contributed by atoms with Gasteiger partial charge in [-0.15, -0.1) is 18.3 Å². The number of piperidine rings is 1. The van der Waals surface area contributed by atoms with Crippen molar-refractivity contribution >= 4 is 12.4 Å². The molecule has 0 amide bonds. The van der Waals surface area contributed by atoms with E-state index in [1.165, 1.54) is 44.2 Å². The van der Waals surface area contributed by atoms with E-state index in [9.17, 15) is 0 Å². The van der Waals surface area contributed by atoms with Gasteiger partial charge in [-0.3, -0.25) is 9.88 Å². The highest BCUT2D eigenvalue weighted by Gasteiger charge is 2.22. The van der Waals surface area contributed by atoms with E-state index in [1.807, 2.05) is 18.5 Å². The number of hydrogen-bond acceptors (Lipinski definition) is 2. The summed E-state index contributed by atoms with van der Waals surface area (Å²) in [6.45, 7) is 4.29. The molecule has 110 valence electrons. The van der Waals surface area contributed by atoms with Crippen molar-refractivity contribution < 1.29 is 0 Å². The molecule has 1 unspecified atom stereocenters. The summed E-state index contributed by atoms with van der Waals surface area (Å²) in [5.74, 6) is 6.64. The van der Waals surface area contributed by atoms with Gasteiger partial charge >= 0.3 is 0 Å². The molecule has 0 saturated carbocycles. The molecule has 0 spiro atoms. The Labute approximate surface area is 129 Å². The maximum Gasteiger partial charge on any atom is 0.0606 e. The molecule has 1 aromatic heterocycles. The van der Waals surface area contributed by atoms with Gasteiger partial charge in [-0.25, -0.2) is 0 Å². The van der Waals surface area contributed by atoms with Gasteiger partial charge in [-0.05, 0) is 37.4 Å². The summed E-state index contributed by atoms with van der Waals surface area (Å²) in [6, 6.07) is 4.75. The number of unbranched alkanes of at least 4 members (excludes halogenated alkanes) is 2. The molecular weight excluding hydrogens is 268 g/mol. The van der Waals surface area contributed by atoms with Crippen molar-refractivity contribution in [2.24, 2.45) is 0 Å². The number of halogens is 1. The quantitative estimate of drug-likeness (QED) is 0.610. The van der Waals surface area contributed by atoms with Crippen LogP contribution in [0.2, 0.25) is 0 Å². The molecule has 1 fully saturated rings. The Morgan fingerprint density at radius 1 is 1.35 bits per heavy atom. The lowest BCUT2D eigenvalue weighted by molar-refractivity contribution is 0.169. The van der Waals surface area contributed by atoms with E-state index in [2.05, 4.69) is 34.7 Å². The Hall–Kier alpha value is -1.04. The standard InChI is InChI=1S/C17H24N2.ClH/c1-2-3-4-5-7-13-19-14-8-6-11-17(19)16-10-9-12-18-15-16;/h9-10,12,15,17H,2-4,6,8,11,13-14H2,1H3;1H. The summed E-state index contributed by atoms with van der Waals surface area (Å²) < 4.78 is 0. The van der Waals surface area contributed by atoms with E-state index in [0.717, 1.165) is 13.0 Å². The molecule has 0 aliphatic carbocycles. The molecule has 0 aromatic carbocycles. The summed E-state index contributed by atoms with van der Waals surface area (Å²) in [6.07, 6.45) is 11.2. The van der Waals surface area contributed by atoms with E-state index in [1.54, 1.807) is 0 Å². The van der Waals surface area contributed by atoms with Crippen LogP contribution in [0.5, 0.6) is 0 Å². The molecule has 1 atom stereocenters. The molecule has 2 nitrogen and oxygen atoms in total. The lowest BCUT2D eigenvalue weighted by Crippen LogP contribution is -2.33. The van der Waals surface area contributed by atoms with Crippen molar-refractivity contribution in [3.8, 4) is 11.8 Å². The van der Waals surface area contributed by atoms with Crippen LogP contribution in [0.1, 0.15) is 57.1 Å². The van der Waals surface area contributed by atoms with E-state index < -0.39 is 0 Å².